The summed E-state index contributed by atoms with van der Waals surface area (Å²) in [6, 6.07) is 25.8. The van der Waals surface area contributed by atoms with Crippen molar-refractivity contribution in [2.45, 2.75) is 44.9 Å². The van der Waals surface area contributed by atoms with E-state index in [0.29, 0.717) is 19.5 Å². The minimum Gasteiger partial charge on any atom is -0.508 e. The van der Waals surface area contributed by atoms with E-state index in [0.717, 1.165) is 23.1 Å². The summed E-state index contributed by atoms with van der Waals surface area (Å²) in [6.07, 6.45) is 0.589. The van der Waals surface area contributed by atoms with Gasteiger partial charge in [0.2, 0.25) is 12.3 Å². The number of nitrogens with one attached hydrogen (secondary N) is 1. The molecule has 216 valence electrons. The standard InChI is InChI=1S/C32H39N5O4/c1-24(28-12-8-5-9-13-28)20-35(23-38)21-30-36(25(2)18-26-14-16-29(39)17-15-26)31(40)22-34(3)37(30)32(41)33-19-27-10-6-4-7-11-27/h4-17,23-25,30,39H,18-22H2,1-3H3,(H,33,41)/t24?,25?,30-/m0/s1. The zero-order chi connectivity index (χ0) is 29.4. The average molecular weight is 558 g/mol. The highest BCUT2D eigenvalue weighted by Crippen LogP contribution is 2.24. The topological polar surface area (TPSA) is 96.4 Å². The van der Waals surface area contributed by atoms with E-state index in [1.165, 1.54) is 0 Å². The Morgan fingerprint density at radius 2 is 1.63 bits per heavy atom. The molecule has 1 saturated heterocycles. The number of nitrogens with zero attached hydrogens (tertiary/aromatic N) is 4. The molecule has 0 spiro atoms. The van der Waals surface area contributed by atoms with E-state index in [-0.39, 0.29) is 42.7 Å². The normalized spacial score (nSPS) is 17.1. The molecule has 2 N–H and O–H groups in total. The molecule has 3 atom stereocenters. The van der Waals surface area contributed by atoms with Crippen LogP contribution >= 0.6 is 0 Å². The van der Waals surface area contributed by atoms with E-state index in [1.807, 2.05) is 79.7 Å². The Morgan fingerprint density at radius 3 is 2.27 bits per heavy atom. The molecule has 4 amide bonds. The van der Waals surface area contributed by atoms with Crippen LogP contribution in [-0.4, -0.2) is 82.2 Å². The van der Waals surface area contributed by atoms with E-state index < -0.39 is 6.17 Å². The van der Waals surface area contributed by atoms with Gasteiger partial charge in [-0.3, -0.25) is 9.59 Å². The number of phenolic OH excluding ortho intramolecular Hbond substituents is 1. The summed E-state index contributed by atoms with van der Waals surface area (Å²) in [5.74, 6) is 0.102. The van der Waals surface area contributed by atoms with E-state index >= 15 is 0 Å². The number of likely N-dealkylation sites (N-methyl/N-ethyl adjacent to an activating group) is 1. The van der Waals surface area contributed by atoms with Gasteiger partial charge in [0, 0.05) is 26.2 Å². The molecule has 41 heavy (non-hydrogen) atoms. The molecule has 3 aromatic rings. The SMILES string of the molecule is CC(CN(C=O)C[C@H]1N(C(C)Cc2ccc(O)cc2)C(=O)CN(C)N1C(=O)NCc1ccccc1)c1ccccc1. The zero-order valence-electron chi connectivity index (χ0n) is 23.9. The smallest absolute Gasteiger partial charge is 0.334 e. The second-order valence-corrected chi connectivity index (χ2v) is 10.7. The molecule has 9 heteroatoms. The number of rotatable bonds is 11. The Balaban J connectivity index is 1.60. The maximum atomic E-state index is 13.7. The molecular weight excluding hydrogens is 518 g/mol. The van der Waals surface area contributed by atoms with Crippen LogP contribution in [0.5, 0.6) is 5.75 Å². The van der Waals surface area contributed by atoms with E-state index in [1.54, 1.807) is 39.0 Å². The summed E-state index contributed by atoms with van der Waals surface area (Å²) in [7, 11) is 1.72. The first kappa shape index (κ1) is 29.6. The lowest BCUT2D eigenvalue weighted by Crippen LogP contribution is -2.71. The molecule has 0 aliphatic carbocycles. The number of hydrazine groups is 1. The van der Waals surface area contributed by atoms with Crippen LogP contribution in [0.15, 0.2) is 84.9 Å². The van der Waals surface area contributed by atoms with Crippen molar-refractivity contribution in [3.63, 3.8) is 0 Å². The predicted molar refractivity (Wildman–Crippen MR) is 158 cm³/mol. The first-order valence-corrected chi connectivity index (χ1v) is 13.9. The van der Waals surface area contributed by atoms with Crippen LogP contribution in [0.2, 0.25) is 0 Å². The quantitative estimate of drug-likeness (QED) is 0.350. The van der Waals surface area contributed by atoms with Crippen molar-refractivity contribution in [1.29, 1.82) is 0 Å². The van der Waals surface area contributed by atoms with Gasteiger partial charge in [-0.05, 0) is 48.1 Å². The maximum absolute atomic E-state index is 13.7. The number of carbonyl (C=O) groups excluding carboxylic acids is 3. The Hall–Kier alpha value is -4.37. The van der Waals surface area contributed by atoms with Gasteiger partial charge in [-0.1, -0.05) is 79.7 Å². The summed E-state index contributed by atoms with van der Waals surface area (Å²) >= 11 is 0. The molecule has 0 saturated carbocycles. The minimum atomic E-state index is -0.725. The van der Waals surface area contributed by atoms with Crippen molar-refractivity contribution in [2.75, 3.05) is 26.7 Å². The largest absolute Gasteiger partial charge is 0.508 e. The monoisotopic (exact) mass is 557 g/mol. The fraction of sp³-hybridized carbons (Fsp3) is 0.344. The Bertz CT molecular complexity index is 1290. The van der Waals surface area contributed by atoms with Crippen molar-refractivity contribution < 1.29 is 19.5 Å². The predicted octanol–water partition coefficient (Wildman–Crippen LogP) is 3.81. The van der Waals surface area contributed by atoms with Crippen LogP contribution in [0.25, 0.3) is 0 Å². The highest BCUT2D eigenvalue weighted by molar-refractivity contribution is 5.82. The zero-order valence-corrected chi connectivity index (χ0v) is 23.9. The van der Waals surface area contributed by atoms with Crippen molar-refractivity contribution in [1.82, 2.24) is 25.1 Å². The Morgan fingerprint density at radius 1 is 1.00 bits per heavy atom. The number of carbonyl (C=O) groups is 3. The lowest BCUT2D eigenvalue weighted by molar-refractivity contribution is -0.170. The van der Waals surface area contributed by atoms with E-state index in [4.69, 9.17) is 0 Å². The summed E-state index contributed by atoms with van der Waals surface area (Å²) in [5, 5.41) is 15.9. The molecular formula is C32H39N5O4. The molecule has 0 radical (unpaired) electrons. The van der Waals surface area contributed by atoms with Gasteiger partial charge in [-0.2, -0.15) is 0 Å². The third kappa shape index (κ3) is 7.64. The molecule has 4 rings (SSSR count). The summed E-state index contributed by atoms with van der Waals surface area (Å²) < 4.78 is 0. The van der Waals surface area contributed by atoms with Crippen molar-refractivity contribution >= 4 is 18.3 Å². The number of phenols is 1. The van der Waals surface area contributed by atoms with Gasteiger partial charge >= 0.3 is 6.03 Å². The molecule has 1 heterocycles. The number of hydrogen-bond acceptors (Lipinski definition) is 5. The van der Waals surface area contributed by atoms with Gasteiger partial charge in [0.25, 0.3) is 0 Å². The van der Waals surface area contributed by atoms with E-state index in [2.05, 4.69) is 12.2 Å². The highest BCUT2D eigenvalue weighted by atomic mass is 16.3. The lowest BCUT2D eigenvalue weighted by atomic mass is 10.0. The maximum Gasteiger partial charge on any atom is 0.334 e. The second kappa shape index (κ2) is 13.8. The lowest BCUT2D eigenvalue weighted by Gasteiger charge is -2.50. The van der Waals surface area contributed by atoms with Gasteiger partial charge in [0.1, 0.15) is 11.9 Å². The van der Waals surface area contributed by atoms with Crippen LogP contribution in [0.4, 0.5) is 4.79 Å². The van der Waals surface area contributed by atoms with Crippen LogP contribution in [0, 0.1) is 0 Å². The number of hydrogen-bond donors (Lipinski definition) is 2. The molecule has 1 aliphatic heterocycles. The molecule has 0 bridgehead atoms. The highest BCUT2D eigenvalue weighted by Gasteiger charge is 2.43. The number of urea groups is 1. The average Bonchev–Trinajstić information content (AvgIpc) is 2.97. The first-order chi connectivity index (χ1) is 19.8. The fourth-order valence-corrected chi connectivity index (χ4v) is 5.40. The number of amides is 4. The Kier molecular flexibility index (Phi) is 9.97. The van der Waals surface area contributed by atoms with Gasteiger partial charge in [-0.25, -0.2) is 14.8 Å². The summed E-state index contributed by atoms with van der Waals surface area (Å²) in [6.45, 7) is 4.93. The third-order valence-electron chi connectivity index (χ3n) is 7.48. The van der Waals surface area contributed by atoms with E-state index in [9.17, 15) is 19.5 Å². The van der Waals surface area contributed by atoms with Crippen molar-refractivity contribution in [3.05, 3.63) is 102 Å². The Labute approximate surface area is 241 Å². The fourth-order valence-electron chi connectivity index (χ4n) is 5.40. The van der Waals surface area contributed by atoms with Gasteiger partial charge in [-0.15, -0.1) is 0 Å². The van der Waals surface area contributed by atoms with Gasteiger partial charge < -0.3 is 20.2 Å². The molecule has 3 aromatic carbocycles. The van der Waals surface area contributed by atoms with Crippen LogP contribution < -0.4 is 5.32 Å². The molecule has 1 fully saturated rings. The van der Waals surface area contributed by atoms with Crippen LogP contribution in [0.3, 0.4) is 0 Å². The number of aromatic hydroxyl groups is 1. The van der Waals surface area contributed by atoms with Crippen molar-refractivity contribution in [2.24, 2.45) is 0 Å². The van der Waals surface area contributed by atoms with Crippen LogP contribution in [0.1, 0.15) is 36.5 Å². The van der Waals surface area contributed by atoms with Gasteiger partial charge in [0.05, 0.1) is 13.1 Å². The second-order valence-electron chi connectivity index (χ2n) is 10.7. The first-order valence-electron chi connectivity index (χ1n) is 13.9. The molecule has 0 aromatic heterocycles. The third-order valence-corrected chi connectivity index (χ3v) is 7.48. The van der Waals surface area contributed by atoms with Gasteiger partial charge in [0.15, 0.2) is 0 Å². The van der Waals surface area contributed by atoms with Crippen LogP contribution in [-0.2, 0) is 22.6 Å². The summed E-state index contributed by atoms with van der Waals surface area (Å²) in [5.41, 5.74) is 3.01. The van der Waals surface area contributed by atoms with Crippen molar-refractivity contribution in [3.8, 4) is 5.75 Å². The molecule has 2 unspecified atom stereocenters. The summed E-state index contributed by atoms with van der Waals surface area (Å²) in [4.78, 5) is 42.9. The number of benzene rings is 3. The molecule has 1 aliphatic rings. The minimum absolute atomic E-state index is 0.0245. The molecule has 9 nitrogen and oxygen atoms in total.